The van der Waals surface area contributed by atoms with Gasteiger partial charge in [-0.05, 0) is 36.4 Å². The monoisotopic (exact) mass is 379 g/mol. The highest BCUT2D eigenvalue weighted by Gasteiger charge is 2.19. The number of halogens is 1. The average molecular weight is 379 g/mol. The van der Waals surface area contributed by atoms with Crippen LogP contribution in [0.1, 0.15) is 10.5 Å². The van der Waals surface area contributed by atoms with Crippen molar-refractivity contribution in [1.82, 2.24) is 9.97 Å². The lowest BCUT2D eigenvalue weighted by molar-refractivity contribution is 0.0690. The number of nitrogens with zero attached hydrogens (tertiary/aromatic N) is 2. The van der Waals surface area contributed by atoms with E-state index in [0.717, 1.165) is 17.5 Å². The smallest absolute Gasteiger partial charge is 0.354 e. The van der Waals surface area contributed by atoms with Crippen LogP contribution in [-0.4, -0.2) is 29.5 Å². The molecule has 0 fully saturated rings. The molecule has 3 aromatic rings. The van der Waals surface area contributed by atoms with Crippen molar-refractivity contribution in [1.29, 1.82) is 0 Å². The van der Waals surface area contributed by atoms with Gasteiger partial charge >= 0.3 is 5.97 Å². The summed E-state index contributed by atoms with van der Waals surface area (Å²) < 4.78 is 40.0. The van der Waals surface area contributed by atoms with Crippen LogP contribution >= 0.6 is 11.3 Å². The van der Waals surface area contributed by atoms with E-state index in [4.69, 9.17) is 5.11 Å². The second-order valence-electron chi connectivity index (χ2n) is 4.83. The number of aromatic carboxylic acids is 1. The fraction of sp³-hybridized carbons (Fsp3) is 0. The summed E-state index contributed by atoms with van der Waals surface area (Å²) in [5.41, 5.74) is 0.529. The third-order valence-corrected chi connectivity index (χ3v) is 5.96. The van der Waals surface area contributed by atoms with Gasteiger partial charge in [0.2, 0.25) is 0 Å². The molecule has 2 aromatic heterocycles. The van der Waals surface area contributed by atoms with Crippen molar-refractivity contribution in [3.05, 3.63) is 60.3 Å². The van der Waals surface area contributed by atoms with Crippen molar-refractivity contribution in [2.24, 2.45) is 0 Å². The molecular formula is C15H10FN3O4S2. The number of carboxylic acid groups (broad SMARTS) is 1. The number of rotatable bonds is 5. The fourth-order valence-electron chi connectivity index (χ4n) is 1.90. The van der Waals surface area contributed by atoms with Crippen LogP contribution in [0.4, 0.5) is 10.1 Å². The maximum Gasteiger partial charge on any atom is 0.354 e. The summed E-state index contributed by atoms with van der Waals surface area (Å²) in [5, 5.41) is 9.21. The standard InChI is InChI=1S/C15H10FN3O4S2/c16-10-3-1-9(2-4-10)14-18-8-13(24-14)25(22,23)19-11-5-6-12(15(20)21)17-7-11/h1-8,19H,(H,20,21). The fourth-order valence-corrected chi connectivity index (χ4v) is 4.07. The molecule has 7 nitrogen and oxygen atoms in total. The quantitative estimate of drug-likeness (QED) is 0.705. The summed E-state index contributed by atoms with van der Waals surface area (Å²) in [6.07, 6.45) is 2.31. The van der Waals surface area contributed by atoms with Gasteiger partial charge in [0.25, 0.3) is 10.0 Å². The molecular weight excluding hydrogens is 369 g/mol. The topological polar surface area (TPSA) is 109 Å². The molecule has 3 rings (SSSR count). The van der Waals surface area contributed by atoms with Crippen LogP contribution in [0.25, 0.3) is 10.6 Å². The van der Waals surface area contributed by atoms with Gasteiger partial charge in [-0.15, -0.1) is 11.3 Å². The molecule has 0 spiro atoms. The van der Waals surface area contributed by atoms with E-state index in [1.54, 1.807) is 0 Å². The lowest BCUT2D eigenvalue weighted by Gasteiger charge is -2.05. The van der Waals surface area contributed by atoms with Crippen LogP contribution in [0.5, 0.6) is 0 Å². The van der Waals surface area contributed by atoms with E-state index in [1.807, 2.05) is 0 Å². The van der Waals surface area contributed by atoms with Crippen molar-refractivity contribution < 1.29 is 22.7 Å². The molecule has 1 aromatic carbocycles. The molecule has 0 saturated heterocycles. The molecule has 0 aliphatic carbocycles. The first kappa shape index (κ1) is 17.0. The van der Waals surface area contributed by atoms with Gasteiger partial charge < -0.3 is 5.11 Å². The highest BCUT2D eigenvalue weighted by atomic mass is 32.2. The SMILES string of the molecule is O=C(O)c1ccc(NS(=O)(=O)c2cnc(-c3ccc(F)cc3)s2)cn1. The minimum Gasteiger partial charge on any atom is -0.477 e. The molecule has 0 unspecified atom stereocenters. The van der Waals surface area contributed by atoms with Crippen LogP contribution in [0.2, 0.25) is 0 Å². The molecule has 0 amide bonds. The maximum absolute atomic E-state index is 13.0. The van der Waals surface area contributed by atoms with E-state index in [0.29, 0.717) is 10.6 Å². The van der Waals surface area contributed by atoms with Crippen LogP contribution in [0, 0.1) is 5.82 Å². The van der Waals surface area contributed by atoms with Gasteiger partial charge in [-0.2, -0.15) is 0 Å². The Bertz CT molecular complexity index is 1020. The van der Waals surface area contributed by atoms with E-state index in [9.17, 15) is 17.6 Å². The number of aromatic nitrogens is 2. The number of nitrogens with one attached hydrogen (secondary N) is 1. The second kappa shape index (κ2) is 6.57. The highest BCUT2D eigenvalue weighted by Crippen LogP contribution is 2.29. The molecule has 128 valence electrons. The van der Waals surface area contributed by atoms with Gasteiger partial charge in [0.05, 0.1) is 18.1 Å². The molecule has 25 heavy (non-hydrogen) atoms. The highest BCUT2D eigenvalue weighted by molar-refractivity contribution is 7.94. The third-order valence-electron chi connectivity index (χ3n) is 3.08. The van der Waals surface area contributed by atoms with Crippen molar-refractivity contribution in [3.63, 3.8) is 0 Å². The number of thiazole rings is 1. The van der Waals surface area contributed by atoms with Gasteiger partial charge in [-0.1, -0.05) is 0 Å². The first-order valence-electron chi connectivity index (χ1n) is 6.79. The molecule has 0 saturated carbocycles. The van der Waals surface area contributed by atoms with E-state index in [1.165, 1.54) is 42.6 Å². The second-order valence-corrected chi connectivity index (χ2v) is 7.77. The summed E-state index contributed by atoms with van der Waals surface area (Å²) in [7, 11) is -3.90. The Morgan fingerprint density at radius 3 is 2.40 bits per heavy atom. The number of carboxylic acids is 1. The summed E-state index contributed by atoms with van der Waals surface area (Å²) in [4.78, 5) is 18.4. The molecule has 2 N–H and O–H groups in total. The molecule has 0 aliphatic heterocycles. The van der Waals surface area contributed by atoms with Crippen LogP contribution in [-0.2, 0) is 10.0 Å². The van der Waals surface area contributed by atoms with Crippen LogP contribution in [0.15, 0.2) is 53.0 Å². The van der Waals surface area contributed by atoms with E-state index >= 15 is 0 Å². The lowest BCUT2D eigenvalue weighted by atomic mass is 10.2. The molecule has 0 atom stereocenters. The Balaban J connectivity index is 1.83. The predicted molar refractivity (Wildman–Crippen MR) is 89.5 cm³/mol. The molecule has 10 heteroatoms. The zero-order valence-electron chi connectivity index (χ0n) is 12.4. The zero-order valence-corrected chi connectivity index (χ0v) is 14.0. The number of pyridine rings is 1. The average Bonchev–Trinajstić information content (AvgIpc) is 3.06. The summed E-state index contributed by atoms with van der Waals surface area (Å²) >= 11 is 0.928. The molecule has 2 heterocycles. The predicted octanol–water partition coefficient (Wildman–Crippen LogP) is 2.84. The normalized spacial score (nSPS) is 11.2. The Hall–Kier alpha value is -2.85. The van der Waals surface area contributed by atoms with Gasteiger partial charge in [0.1, 0.15) is 16.5 Å². The third kappa shape index (κ3) is 3.80. The number of hydrogen-bond acceptors (Lipinski definition) is 6. The first-order valence-corrected chi connectivity index (χ1v) is 9.09. The van der Waals surface area contributed by atoms with E-state index < -0.39 is 21.8 Å². The van der Waals surface area contributed by atoms with Crippen molar-refractivity contribution in [2.45, 2.75) is 4.21 Å². The number of benzene rings is 1. The minimum atomic E-state index is -3.90. The minimum absolute atomic E-state index is 0.0332. The molecule has 0 bridgehead atoms. The lowest BCUT2D eigenvalue weighted by Crippen LogP contribution is -2.12. The van der Waals surface area contributed by atoms with Crippen LogP contribution in [0.3, 0.4) is 0 Å². The van der Waals surface area contributed by atoms with E-state index in [2.05, 4.69) is 14.7 Å². The Morgan fingerprint density at radius 1 is 1.08 bits per heavy atom. The van der Waals surface area contributed by atoms with Crippen LogP contribution < -0.4 is 4.72 Å². The van der Waals surface area contributed by atoms with Gasteiger partial charge in [0, 0.05) is 5.56 Å². The Kier molecular flexibility index (Phi) is 4.47. The van der Waals surface area contributed by atoms with Crippen molar-refractivity contribution >= 4 is 33.0 Å². The van der Waals surface area contributed by atoms with Gasteiger partial charge in [-0.25, -0.2) is 27.6 Å². The number of carbonyl (C=O) groups is 1. The number of anilines is 1. The summed E-state index contributed by atoms with van der Waals surface area (Å²) in [6.45, 7) is 0. The largest absolute Gasteiger partial charge is 0.477 e. The van der Waals surface area contributed by atoms with Crippen molar-refractivity contribution in [2.75, 3.05) is 4.72 Å². The van der Waals surface area contributed by atoms with Gasteiger partial charge in [-0.3, -0.25) is 4.72 Å². The number of hydrogen-bond donors (Lipinski definition) is 2. The summed E-state index contributed by atoms with van der Waals surface area (Å²) in [5.74, 6) is -1.60. The van der Waals surface area contributed by atoms with Crippen molar-refractivity contribution in [3.8, 4) is 10.6 Å². The Labute approximate surface area is 145 Å². The van der Waals surface area contributed by atoms with E-state index in [-0.39, 0.29) is 15.6 Å². The zero-order chi connectivity index (χ0) is 18.0. The van der Waals surface area contributed by atoms with Gasteiger partial charge in [0.15, 0.2) is 4.21 Å². The first-order chi connectivity index (χ1) is 11.8. The number of sulfonamides is 1. The Morgan fingerprint density at radius 2 is 1.80 bits per heavy atom. The summed E-state index contributed by atoms with van der Waals surface area (Å²) in [6, 6.07) is 8.03. The molecule has 0 radical (unpaired) electrons. The molecule has 0 aliphatic rings. The maximum atomic E-state index is 13.0.